The maximum atomic E-state index is 8.41. The van der Waals surface area contributed by atoms with E-state index in [0.29, 0.717) is 115 Å². The molecule has 1 aliphatic carbocycles. The Morgan fingerprint density at radius 3 is 1.89 bits per heavy atom. The zero-order chi connectivity index (χ0) is 45.4. The summed E-state index contributed by atoms with van der Waals surface area (Å²) in [5.74, 6) is 3.26. The standard InChI is InChI=1S/C51H70N4O10/c1-56-49-36-43(37-50(57-2)51(49)64-26-12-8-5-9-23-54-55-52)39-53-38-41-13-16-44(17-14-41)45-18-20-46(21-19-45)65-40-42-15-22-47-48(35-42)63-34-32-61-30-28-59-25-11-7-4-3-6-10-24-58-27-29-60-31-33-62-47/h13-14,16-21,36-37,48,53H,3-12,23-35,38-40H2,1-2H3. The minimum atomic E-state index is -0.321. The Balaban J connectivity index is 1.06. The zero-order valence-electron chi connectivity index (χ0n) is 38.7. The minimum absolute atomic E-state index is 0.321. The van der Waals surface area contributed by atoms with E-state index in [1.807, 2.05) is 24.3 Å². The quantitative estimate of drug-likeness (QED) is 0.0427. The molecular weight excluding hydrogens is 829 g/mol. The van der Waals surface area contributed by atoms with Gasteiger partial charge in [0.25, 0.3) is 0 Å². The lowest BCUT2D eigenvalue weighted by molar-refractivity contribution is -0.0259. The number of hydrogen-bond donors (Lipinski definition) is 1. The van der Waals surface area contributed by atoms with Crippen LogP contribution in [0.4, 0.5) is 0 Å². The van der Waals surface area contributed by atoms with E-state index in [2.05, 4.69) is 63.2 Å². The molecule has 14 nitrogen and oxygen atoms in total. The van der Waals surface area contributed by atoms with Crippen molar-refractivity contribution in [3.8, 4) is 34.1 Å². The Bertz CT molecular complexity index is 1920. The highest BCUT2D eigenvalue weighted by atomic mass is 16.6. The molecule has 1 aliphatic heterocycles. The lowest BCUT2D eigenvalue weighted by Gasteiger charge is -2.22. The van der Waals surface area contributed by atoms with Gasteiger partial charge in [0.2, 0.25) is 5.75 Å². The molecule has 65 heavy (non-hydrogen) atoms. The predicted octanol–water partition coefficient (Wildman–Crippen LogP) is 10.1. The summed E-state index contributed by atoms with van der Waals surface area (Å²) in [6, 6.07) is 20.7. The molecule has 0 spiro atoms. The second-order valence-electron chi connectivity index (χ2n) is 15.9. The van der Waals surface area contributed by atoms with Crippen molar-refractivity contribution in [2.45, 2.75) is 89.8 Å². The molecule has 2 aliphatic rings. The number of fused-ring (bicyclic) bond motifs is 1. The molecule has 0 amide bonds. The van der Waals surface area contributed by atoms with Crippen LogP contribution in [0.25, 0.3) is 21.6 Å². The Morgan fingerprint density at radius 2 is 1.23 bits per heavy atom. The molecule has 1 fully saturated rings. The number of methoxy groups -OCH3 is 2. The second kappa shape index (κ2) is 31.8. The molecule has 0 aromatic heterocycles. The topological polar surface area (TPSA) is 153 Å². The molecule has 1 atom stereocenters. The highest BCUT2D eigenvalue weighted by Crippen LogP contribution is 2.39. The summed E-state index contributed by atoms with van der Waals surface area (Å²) in [7, 11) is 3.28. The van der Waals surface area contributed by atoms with Crippen molar-refractivity contribution in [3.05, 3.63) is 105 Å². The van der Waals surface area contributed by atoms with E-state index in [1.165, 1.54) is 31.2 Å². The molecule has 1 saturated heterocycles. The smallest absolute Gasteiger partial charge is 0.203 e. The highest BCUT2D eigenvalue weighted by molar-refractivity contribution is 5.64. The van der Waals surface area contributed by atoms with Crippen LogP contribution in [-0.2, 0) is 41.5 Å². The lowest BCUT2D eigenvalue weighted by atomic mass is 10.0. The first kappa shape index (κ1) is 51.0. The van der Waals surface area contributed by atoms with E-state index < -0.39 is 0 Å². The van der Waals surface area contributed by atoms with Crippen molar-refractivity contribution in [1.82, 2.24) is 5.32 Å². The van der Waals surface area contributed by atoms with Crippen LogP contribution in [-0.4, -0.2) is 106 Å². The van der Waals surface area contributed by atoms with Crippen LogP contribution in [0.3, 0.4) is 0 Å². The number of hydrogen-bond acceptors (Lipinski definition) is 12. The van der Waals surface area contributed by atoms with Gasteiger partial charge in [0.15, 0.2) is 17.3 Å². The number of nitrogens with one attached hydrogen (secondary N) is 1. The minimum Gasteiger partial charge on any atom is -0.493 e. The molecule has 354 valence electrons. The maximum absolute atomic E-state index is 8.41. The number of ether oxygens (including phenoxy) is 10. The number of unbranched alkanes of at least 4 members (excludes halogenated alkanes) is 3. The fourth-order valence-corrected chi connectivity index (χ4v) is 7.29. The van der Waals surface area contributed by atoms with Crippen molar-refractivity contribution in [2.24, 2.45) is 5.11 Å². The van der Waals surface area contributed by atoms with Crippen molar-refractivity contribution >= 4 is 0 Å². The second-order valence-corrected chi connectivity index (χ2v) is 15.9. The SMILES string of the molecule is COc1cc(CNCc2ccc(-c3ccc(OCC4=C=C=C5OCCOCCOCCCCCCCCOCCOCCOC5C4)cc3)cc2)cc(OC)c1OCCCCCCN=[N+]=[N-]. The molecule has 0 bridgehead atoms. The van der Waals surface area contributed by atoms with Crippen LogP contribution in [0, 0.1) is 0 Å². The van der Waals surface area contributed by atoms with Gasteiger partial charge in [-0.2, -0.15) is 0 Å². The maximum Gasteiger partial charge on any atom is 0.203 e. The average molecular weight is 899 g/mol. The molecule has 1 heterocycles. The van der Waals surface area contributed by atoms with Gasteiger partial charge in [0, 0.05) is 49.8 Å². The summed E-state index contributed by atoms with van der Waals surface area (Å²) in [5.41, 5.74) is 20.2. The molecule has 5 rings (SSSR count). The van der Waals surface area contributed by atoms with Gasteiger partial charge in [0.1, 0.15) is 25.1 Å². The Hall–Kier alpha value is -4.97. The molecule has 14 heteroatoms. The summed E-state index contributed by atoms with van der Waals surface area (Å²) < 4.78 is 58.9. The Kier molecular flexibility index (Phi) is 25.0. The van der Waals surface area contributed by atoms with Crippen LogP contribution in [0.1, 0.15) is 81.8 Å². The monoisotopic (exact) mass is 899 g/mol. The molecule has 3 aromatic rings. The van der Waals surface area contributed by atoms with E-state index in [4.69, 9.17) is 52.9 Å². The third kappa shape index (κ3) is 20.0. The van der Waals surface area contributed by atoms with Gasteiger partial charge in [-0.3, -0.25) is 0 Å². The van der Waals surface area contributed by atoms with Gasteiger partial charge in [-0.05, 0) is 83.5 Å². The zero-order valence-corrected chi connectivity index (χ0v) is 38.7. The summed E-state index contributed by atoms with van der Waals surface area (Å²) in [4.78, 5) is 2.80. The van der Waals surface area contributed by atoms with Gasteiger partial charge < -0.3 is 52.7 Å². The predicted molar refractivity (Wildman–Crippen MR) is 251 cm³/mol. The fourth-order valence-electron chi connectivity index (χ4n) is 7.29. The van der Waals surface area contributed by atoms with Crippen LogP contribution < -0.4 is 24.3 Å². The highest BCUT2D eigenvalue weighted by Gasteiger charge is 2.22. The molecular formula is C51H70N4O10. The van der Waals surface area contributed by atoms with Gasteiger partial charge in [-0.1, -0.05) is 85.8 Å². The van der Waals surface area contributed by atoms with E-state index in [9.17, 15) is 0 Å². The Morgan fingerprint density at radius 1 is 0.646 bits per heavy atom. The number of rotatable bonds is 18. The Labute approximate surface area is 385 Å². The van der Waals surface area contributed by atoms with Crippen LogP contribution in [0.5, 0.6) is 23.0 Å². The van der Waals surface area contributed by atoms with Crippen molar-refractivity contribution in [3.63, 3.8) is 0 Å². The van der Waals surface area contributed by atoms with Gasteiger partial charge in [0.05, 0.1) is 67.1 Å². The van der Waals surface area contributed by atoms with Crippen LogP contribution >= 0.6 is 0 Å². The lowest BCUT2D eigenvalue weighted by Crippen LogP contribution is -2.24. The first-order valence-electron chi connectivity index (χ1n) is 23.4. The number of nitrogens with zero attached hydrogens (tertiary/aromatic N) is 3. The molecule has 1 unspecified atom stereocenters. The molecule has 0 radical (unpaired) electrons. The number of benzene rings is 3. The summed E-state index contributed by atoms with van der Waals surface area (Å²) in [6.45, 7) is 8.28. The largest absolute Gasteiger partial charge is 0.493 e. The first-order chi connectivity index (χ1) is 32.2. The summed E-state index contributed by atoms with van der Waals surface area (Å²) in [6.07, 6.45) is 11.0. The third-order valence-corrected chi connectivity index (χ3v) is 10.9. The van der Waals surface area contributed by atoms with E-state index in [0.717, 1.165) is 79.8 Å². The van der Waals surface area contributed by atoms with Crippen molar-refractivity contribution < 1.29 is 47.4 Å². The van der Waals surface area contributed by atoms with Crippen LogP contribution in [0.2, 0.25) is 0 Å². The third-order valence-electron chi connectivity index (χ3n) is 10.9. The normalized spacial score (nSPS) is 17.5. The summed E-state index contributed by atoms with van der Waals surface area (Å²) in [5, 5.41) is 7.12. The van der Waals surface area contributed by atoms with Gasteiger partial charge in [-0.25, -0.2) is 0 Å². The first-order valence-corrected chi connectivity index (χ1v) is 23.4. The van der Waals surface area contributed by atoms with E-state index in [1.54, 1.807) is 14.2 Å². The number of azide groups is 1. The summed E-state index contributed by atoms with van der Waals surface area (Å²) >= 11 is 0. The fraction of sp³-hybridized carbons (Fsp3) is 0.569. The van der Waals surface area contributed by atoms with E-state index in [-0.39, 0.29) is 6.10 Å². The van der Waals surface area contributed by atoms with Crippen LogP contribution in [0.15, 0.2) is 88.6 Å². The molecule has 1 N–H and O–H groups in total. The van der Waals surface area contributed by atoms with Crippen molar-refractivity contribution in [1.29, 1.82) is 0 Å². The van der Waals surface area contributed by atoms with E-state index >= 15 is 0 Å². The molecule has 3 aromatic carbocycles. The molecule has 0 saturated carbocycles. The van der Waals surface area contributed by atoms with Gasteiger partial charge in [-0.15, -0.1) is 0 Å². The average Bonchev–Trinajstić information content (AvgIpc) is 3.33. The van der Waals surface area contributed by atoms with Gasteiger partial charge >= 0.3 is 0 Å². The van der Waals surface area contributed by atoms with Crippen molar-refractivity contribution in [2.75, 3.05) is 100 Å².